The van der Waals surface area contributed by atoms with E-state index in [1.165, 1.54) is 36.4 Å². The molecule has 0 bridgehead atoms. The van der Waals surface area contributed by atoms with Gasteiger partial charge in [0, 0.05) is 11.8 Å². The third kappa shape index (κ3) is 4.59. The molecule has 3 aromatic carbocycles. The van der Waals surface area contributed by atoms with Gasteiger partial charge in [0.2, 0.25) is 0 Å². The first-order valence-electron chi connectivity index (χ1n) is 9.97. The van der Waals surface area contributed by atoms with Crippen molar-refractivity contribution in [3.63, 3.8) is 0 Å². The molecule has 1 aromatic heterocycles. The van der Waals surface area contributed by atoms with Crippen LogP contribution in [-0.4, -0.2) is 23.4 Å². The lowest BCUT2D eigenvalue weighted by molar-refractivity contribution is -0.137. The fourth-order valence-corrected chi connectivity index (χ4v) is 5.17. The van der Waals surface area contributed by atoms with E-state index in [0.29, 0.717) is 21.1 Å². The number of nitrogens with zero attached hydrogens (tertiary/aromatic N) is 2. The van der Waals surface area contributed by atoms with Crippen molar-refractivity contribution in [2.45, 2.75) is 17.5 Å². The number of hydrogen-bond acceptors (Lipinski definition) is 4. The second-order valence-corrected chi connectivity index (χ2v) is 9.69. The number of halogens is 5. The zero-order chi connectivity index (χ0) is 25.5. The van der Waals surface area contributed by atoms with Crippen molar-refractivity contribution in [1.29, 1.82) is 0 Å². The van der Waals surface area contributed by atoms with Crippen molar-refractivity contribution in [3.05, 3.63) is 100 Å². The van der Waals surface area contributed by atoms with E-state index >= 15 is 0 Å². The van der Waals surface area contributed by atoms with Gasteiger partial charge < -0.3 is 0 Å². The van der Waals surface area contributed by atoms with Crippen LogP contribution in [0.25, 0.3) is 17.0 Å². The summed E-state index contributed by atoms with van der Waals surface area (Å²) in [4.78, 5) is 12.1. The lowest BCUT2D eigenvalue weighted by Crippen LogP contribution is -2.16. The summed E-state index contributed by atoms with van der Waals surface area (Å²) in [5, 5.41) is 4.29. The third-order valence-electron chi connectivity index (χ3n) is 5.23. The number of Topliss-reactive ketones (excluding diaryl/α,β-unsaturated/α-hetero) is 1. The average molecular weight is 523 g/mol. The van der Waals surface area contributed by atoms with Crippen LogP contribution in [0.15, 0.2) is 72.1 Å². The monoisotopic (exact) mass is 522 g/mol. The molecule has 35 heavy (non-hydrogen) atoms. The number of fused-ring (bicyclic) bond motifs is 1. The van der Waals surface area contributed by atoms with Gasteiger partial charge in [0.15, 0.2) is 5.78 Å². The van der Waals surface area contributed by atoms with Crippen molar-refractivity contribution in [3.8, 4) is 0 Å². The molecule has 0 aliphatic rings. The minimum absolute atomic E-state index is 0.0160. The Labute approximate surface area is 202 Å². The molecule has 4 aromatic rings. The van der Waals surface area contributed by atoms with Crippen LogP contribution < -0.4 is 0 Å². The van der Waals surface area contributed by atoms with Gasteiger partial charge >= 0.3 is 6.18 Å². The summed E-state index contributed by atoms with van der Waals surface area (Å²) in [6.07, 6.45) is -3.76. The van der Waals surface area contributed by atoms with Crippen LogP contribution in [0.1, 0.15) is 27.2 Å². The number of aromatic nitrogens is 2. The number of ketones is 1. The molecule has 0 amide bonds. The van der Waals surface area contributed by atoms with Crippen LogP contribution in [0.4, 0.5) is 17.6 Å². The molecule has 0 fully saturated rings. The lowest BCUT2D eigenvalue weighted by Gasteiger charge is -2.10. The smallest absolute Gasteiger partial charge is 0.294 e. The predicted molar refractivity (Wildman–Crippen MR) is 123 cm³/mol. The Morgan fingerprint density at radius 2 is 1.80 bits per heavy atom. The average Bonchev–Trinajstić information content (AvgIpc) is 3.17. The number of alkyl halides is 3. The summed E-state index contributed by atoms with van der Waals surface area (Å²) < 4.78 is 80.7. The minimum Gasteiger partial charge on any atom is -0.294 e. The molecule has 0 aliphatic carbocycles. The van der Waals surface area contributed by atoms with Crippen molar-refractivity contribution in [2.75, 3.05) is 0 Å². The summed E-state index contributed by atoms with van der Waals surface area (Å²) in [6, 6.07) is 11.5. The van der Waals surface area contributed by atoms with Crippen molar-refractivity contribution < 1.29 is 30.8 Å². The maximum Gasteiger partial charge on any atom is 0.416 e. The fourth-order valence-electron chi connectivity index (χ4n) is 3.57. The molecule has 0 aliphatic heterocycles. The Balaban J connectivity index is 1.82. The molecular weight excluding hydrogens is 508 g/mol. The number of carbonyl (C=O) groups excluding carboxylic acids is 1. The van der Waals surface area contributed by atoms with Crippen LogP contribution in [0, 0.1) is 5.82 Å². The molecule has 1 heterocycles. The molecule has 0 saturated heterocycles. The zero-order valence-corrected chi connectivity index (χ0v) is 19.3. The van der Waals surface area contributed by atoms with E-state index in [-0.39, 0.29) is 28.2 Å². The molecule has 0 unspecified atom stereocenters. The first kappa shape index (κ1) is 24.6. The normalized spacial score (nSPS) is 12.1. The van der Waals surface area contributed by atoms with Crippen LogP contribution >= 0.6 is 11.6 Å². The van der Waals surface area contributed by atoms with Crippen LogP contribution in [-0.2, 0) is 22.6 Å². The maximum atomic E-state index is 14.1. The highest BCUT2D eigenvalue weighted by Gasteiger charge is 2.32. The van der Waals surface area contributed by atoms with E-state index in [2.05, 4.69) is 11.7 Å². The number of rotatable bonds is 6. The molecule has 0 N–H and O–H groups in total. The second kappa shape index (κ2) is 8.94. The molecule has 0 atom stereocenters. The Hall–Kier alpha value is -3.50. The predicted octanol–water partition coefficient (Wildman–Crippen LogP) is 6.15. The van der Waals surface area contributed by atoms with E-state index in [0.717, 1.165) is 24.3 Å². The highest BCUT2D eigenvalue weighted by atomic mass is 35.5. The van der Waals surface area contributed by atoms with Gasteiger partial charge in [-0.05, 0) is 48.0 Å². The van der Waals surface area contributed by atoms with Gasteiger partial charge in [-0.2, -0.15) is 30.8 Å². The molecular formula is C24H15ClF4N2O3S. The van der Waals surface area contributed by atoms with Crippen LogP contribution in [0.5, 0.6) is 0 Å². The summed E-state index contributed by atoms with van der Waals surface area (Å²) in [5.74, 6) is -1.43. The second-order valence-electron chi connectivity index (χ2n) is 7.51. The fraction of sp³-hybridized carbons (Fsp3) is 0.0833. The maximum absolute atomic E-state index is 14.1. The Kier molecular flexibility index (Phi) is 6.29. The van der Waals surface area contributed by atoms with E-state index in [4.69, 9.17) is 11.6 Å². The highest BCUT2D eigenvalue weighted by Crippen LogP contribution is 2.32. The van der Waals surface area contributed by atoms with E-state index < -0.39 is 38.3 Å². The third-order valence-corrected chi connectivity index (χ3v) is 7.13. The number of carbonyl (C=O) groups is 1. The largest absolute Gasteiger partial charge is 0.416 e. The molecule has 0 spiro atoms. The van der Waals surface area contributed by atoms with E-state index in [9.17, 15) is 30.8 Å². The minimum atomic E-state index is -4.74. The summed E-state index contributed by atoms with van der Waals surface area (Å²) in [6.45, 7) is 3.60. The zero-order valence-electron chi connectivity index (χ0n) is 17.7. The Bertz CT molecular complexity index is 1570. The molecule has 5 nitrogen and oxygen atoms in total. The SMILES string of the molecule is C=Cc1nn(S(=O)(=O)c2cccc(C(F)(F)F)c2)c2cc(CC(=O)c3c(F)cccc3Cl)ccc12. The number of benzene rings is 3. The lowest BCUT2D eigenvalue weighted by atomic mass is 10.0. The Morgan fingerprint density at radius 1 is 1.09 bits per heavy atom. The topological polar surface area (TPSA) is 69.0 Å². The molecule has 0 saturated carbocycles. The van der Waals surface area contributed by atoms with Crippen LogP contribution in [0.2, 0.25) is 5.02 Å². The van der Waals surface area contributed by atoms with Gasteiger partial charge in [0.1, 0.15) is 5.82 Å². The van der Waals surface area contributed by atoms with Crippen LogP contribution in [0.3, 0.4) is 0 Å². The molecule has 11 heteroatoms. The van der Waals surface area contributed by atoms with E-state index in [1.807, 2.05) is 0 Å². The molecule has 4 rings (SSSR count). The Morgan fingerprint density at radius 3 is 2.46 bits per heavy atom. The van der Waals surface area contributed by atoms with E-state index in [1.54, 1.807) is 0 Å². The molecule has 180 valence electrons. The van der Waals surface area contributed by atoms with Crippen molar-refractivity contribution in [2.24, 2.45) is 0 Å². The highest BCUT2D eigenvalue weighted by molar-refractivity contribution is 7.90. The first-order chi connectivity index (χ1) is 16.4. The van der Waals surface area contributed by atoms with Crippen molar-refractivity contribution >= 4 is 44.4 Å². The molecule has 0 radical (unpaired) electrons. The summed E-state index contributed by atoms with van der Waals surface area (Å²) in [5.41, 5.74) is -0.927. The van der Waals surface area contributed by atoms with Gasteiger partial charge in [0.25, 0.3) is 10.0 Å². The van der Waals surface area contributed by atoms with Crippen molar-refractivity contribution in [1.82, 2.24) is 9.19 Å². The summed E-state index contributed by atoms with van der Waals surface area (Å²) >= 11 is 5.96. The van der Waals surface area contributed by atoms with Gasteiger partial charge in [-0.1, -0.05) is 42.4 Å². The van der Waals surface area contributed by atoms with Gasteiger partial charge in [-0.15, -0.1) is 0 Å². The van der Waals surface area contributed by atoms with Gasteiger partial charge in [-0.3, -0.25) is 4.79 Å². The summed E-state index contributed by atoms with van der Waals surface area (Å²) in [7, 11) is -4.56. The number of hydrogen-bond donors (Lipinski definition) is 0. The standard InChI is InChI=1S/C24H15ClF4N2O3S/c1-2-20-17-10-9-14(12-22(32)23-18(25)7-4-8-19(23)26)11-21(17)31(30-20)35(33,34)16-6-3-5-15(13-16)24(27,28)29/h2-11,13H,1,12H2. The van der Waals surface area contributed by atoms with Gasteiger partial charge in [-0.25, -0.2) is 4.39 Å². The first-order valence-corrected chi connectivity index (χ1v) is 11.8. The quantitative estimate of drug-likeness (QED) is 0.225. The van der Waals surface area contributed by atoms with Gasteiger partial charge in [0.05, 0.1) is 32.3 Å².